The average Bonchev–Trinajstić information content (AvgIpc) is 2.92. The molecule has 102 valence electrons. The molecule has 5 heteroatoms. The van der Waals surface area contributed by atoms with Gasteiger partial charge in [-0.15, -0.1) is 0 Å². The number of carbonyl (C=O) groups is 1. The Bertz CT molecular complexity index is 670. The molecule has 1 aromatic heterocycles. The lowest BCUT2D eigenvalue weighted by atomic mass is 10.1. The van der Waals surface area contributed by atoms with Crippen LogP contribution in [-0.4, -0.2) is 24.5 Å². The highest BCUT2D eigenvalue weighted by atomic mass is 16.5. The number of methoxy groups -OCH3 is 1. The van der Waals surface area contributed by atoms with Crippen molar-refractivity contribution < 1.29 is 9.53 Å². The summed E-state index contributed by atoms with van der Waals surface area (Å²) < 4.78 is 5.15. The molecule has 1 aromatic carbocycles. The van der Waals surface area contributed by atoms with Crippen LogP contribution in [-0.2, 0) is 6.42 Å². The number of carbonyl (C=O) groups excluding carboxylic acids is 1. The zero-order valence-corrected chi connectivity index (χ0v) is 11.2. The maximum Gasteiger partial charge on any atom is 0.263 e. The van der Waals surface area contributed by atoms with Gasteiger partial charge in [0.15, 0.2) is 0 Å². The van der Waals surface area contributed by atoms with Crippen LogP contribution in [0.1, 0.15) is 15.9 Å². The van der Waals surface area contributed by atoms with Gasteiger partial charge >= 0.3 is 0 Å². The van der Waals surface area contributed by atoms with Crippen LogP contribution < -0.4 is 15.4 Å². The molecule has 0 atom stereocenters. The summed E-state index contributed by atoms with van der Waals surface area (Å²) in [7, 11) is 1.51. The quantitative estimate of drug-likeness (QED) is 0.845. The molecular weight excluding hydrogens is 254 g/mol. The SMILES string of the molecule is COc1ncccc1C(=O)N1CCc2c(N)cccc21. The van der Waals surface area contributed by atoms with Gasteiger partial charge in [0, 0.05) is 29.7 Å². The van der Waals surface area contributed by atoms with Gasteiger partial charge in [0.1, 0.15) is 5.56 Å². The summed E-state index contributed by atoms with van der Waals surface area (Å²) in [5.74, 6) is 0.231. The van der Waals surface area contributed by atoms with Gasteiger partial charge < -0.3 is 15.4 Å². The molecule has 1 aliphatic rings. The minimum absolute atomic E-state index is 0.112. The molecule has 2 heterocycles. The van der Waals surface area contributed by atoms with E-state index < -0.39 is 0 Å². The summed E-state index contributed by atoms with van der Waals surface area (Å²) in [6, 6.07) is 9.09. The van der Waals surface area contributed by atoms with Crippen LogP contribution in [0, 0.1) is 0 Å². The Morgan fingerprint density at radius 1 is 1.35 bits per heavy atom. The lowest BCUT2D eigenvalue weighted by Gasteiger charge is -2.18. The van der Waals surface area contributed by atoms with Crippen molar-refractivity contribution in [3.05, 3.63) is 47.7 Å². The number of aromatic nitrogens is 1. The molecule has 0 saturated carbocycles. The number of nitrogens with two attached hydrogens (primary N) is 1. The van der Waals surface area contributed by atoms with Gasteiger partial charge in [-0.05, 0) is 30.7 Å². The highest BCUT2D eigenvalue weighted by Gasteiger charge is 2.28. The number of ether oxygens (including phenoxy) is 1. The molecule has 0 fully saturated rings. The summed E-state index contributed by atoms with van der Waals surface area (Å²) in [6.45, 7) is 0.625. The third kappa shape index (κ3) is 1.87. The predicted octanol–water partition coefficient (Wildman–Crippen LogP) is 1.88. The van der Waals surface area contributed by atoms with Gasteiger partial charge in [-0.2, -0.15) is 0 Å². The fourth-order valence-electron chi connectivity index (χ4n) is 2.53. The number of hydrogen-bond acceptors (Lipinski definition) is 4. The molecule has 0 unspecified atom stereocenters. The minimum atomic E-state index is -0.112. The molecule has 2 aromatic rings. The molecule has 1 amide bonds. The van der Waals surface area contributed by atoms with E-state index in [-0.39, 0.29) is 5.91 Å². The first kappa shape index (κ1) is 12.5. The maximum absolute atomic E-state index is 12.7. The molecule has 2 N–H and O–H groups in total. The van der Waals surface area contributed by atoms with Crippen molar-refractivity contribution in [2.45, 2.75) is 6.42 Å². The Morgan fingerprint density at radius 3 is 3.00 bits per heavy atom. The normalized spacial score (nSPS) is 13.2. The molecule has 5 nitrogen and oxygen atoms in total. The van der Waals surface area contributed by atoms with Gasteiger partial charge in [0.25, 0.3) is 5.91 Å². The summed E-state index contributed by atoms with van der Waals surface area (Å²) in [6.07, 6.45) is 2.38. The molecule has 0 bridgehead atoms. The number of rotatable bonds is 2. The molecule has 3 rings (SSSR count). The number of nitrogens with zero attached hydrogens (tertiary/aromatic N) is 2. The Hall–Kier alpha value is -2.56. The monoisotopic (exact) mass is 269 g/mol. The fraction of sp³-hybridized carbons (Fsp3) is 0.200. The van der Waals surface area contributed by atoms with Crippen molar-refractivity contribution in [3.8, 4) is 5.88 Å². The van der Waals surface area contributed by atoms with Crippen LogP contribution in [0.5, 0.6) is 5.88 Å². The smallest absolute Gasteiger partial charge is 0.263 e. The number of hydrogen-bond donors (Lipinski definition) is 1. The van der Waals surface area contributed by atoms with Gasteiger partial charge in [-0.1, -0.05) is 6.07 Å². The Morgan fingerprint density at radius 2 is 2.20 bits per heavy atom. The second-order valence-corrected chi connectivity index (χ2v) is 4.61. The summed E-state index contributed by atoms with van der Waals surface area (Å²) in [5, 5.41) is 0. The Kier molecular flexibility index (Phi) is 3.02. The summed E-state index contributed by atoms with van der Waals surface area (Å²) in [4.78, 5) is 18.5. The van der Waals surface area contributed by atoms with E-state index in [1.165, 1.54) is 7.11 Å². The molecule has 0 saturated heterocycles. The van der Waals surface area contributed by atoms with Crippen LogP contribution >= 0.6 is 0 Å². The second-order valence-electron chi connectivity index (χ2n) is 4.61. The van der Waals surface area contributed by atoms with Crippen molar-refractivity contribution in [1.82, 2.24) is 4.98 Å². The molecule has 0 aliphatic carbocycles. The first-order valence-electron chi connectivity index (χ1n) is 6.40. The zero-order chi connectivity index (χ0) is 14.1. The Balaban J connectivity index is 2.00. The number of pyridine rings is 1. The number of benzene rings is 1. The van der Waals surface area contributed by atoms with Crippen molar-refractivity contribution in [1.29, 1.82) is 0 Å². The van der Waals surface area contributed by atoms with Crippen LogP contribution in [0.3, 0.4) is 0 Å². The van der Waals surface area contributed by atoms with E-state index in [0.717, 1.165) is 23.4 Å². The molecular formula is C15H15N3O2. The molecule has 0 radical (unpaired) electrons. The average molecular weight is 269 g/mol. The number of fused-ring (bicyclic) bond motifs is 1. The Labute approximate surface area is 117 Å². The maximum atomic E-state index is 12.7. The highest BCUT2D eigenvalue weighted by Crippen LogP contribution is 2.33. The van der Waals surface area contributed by atoms with E-state index in [0.29, 0.717) is 18.0 Å². The number of nitrogen functional groups attached to an aromatic ring is 1. The van der Waals surface area contributed by atoms with Crippen LogP contribution in [0.15, 0.2) is 36.5 Å². The topological polar surface area (TPSA) is 68.5 Å². The standard InChI is InChI=1S/C15H15N3O2/c1-20-14-11(4-3-8-17-14)15(19)18-9-7-10-12(16)5-2-6-13(10)18/h2-6,8H,7,9,16H2,1H3. The van der Waals surface area contributed by atoms with Crippen LogP contribution in [0.2, 0.25) is 0 Å². The van der Waals surface area contributed by atoms with Gasteiger partial charge in [-0.25, -0.2) is 4.98 Å². The van der Waals surface area contributed by atoms with Crippen molar-refractivity contribution >= 4 is 17.3 Å². The van der Waals surface area contributed by atoms with Crippen LogP contribution in [0.4, 0.5) is 11.4 Å². The van der Waals surface area contributed by atoms with E-state index in [9.17, 15) is 4.79 Å². The second kappa shape index (κ2) is 4.85. The van der Waals surface area contributed by atoms with E-state index in [1.54, 1.807) is 23.2 Å². The lowest BCUT2D eigenvalue weighted by Crippen LogP contribution is -2.29. The van der Waals surface area contributed by atoms with E-state index >= 15 is 0 Å². The number of anilines is 2. The fourth-order valence-corrected chi connectivity index (χ4v) is 2.53. The van der Waals surface area contributed by atoms with Crippen molar-refractivity contribution in [2.75, 3.05) is 24.3 Å². The minimum Gasteiger partial charge on any atom is -0.480 e. The van der Waals surface area contributed by atoms with Crippen molar-refractivity contribution in [3.63, 3.8) is 0 Å². The zero-order valence-electron chi connectivity index (χ0n) is 11.2. The van der Waals surface area contributed by atoms with Gasteiger partial charge in [0.05, 0.1) is 7.11 Å². The highest BCUT2D eigenvalue weighted by molar-refractivity contribution is 6.09. The van der Waals surface area contributed by atoms with E-state index in [2.05, 4.69) is 4.98 Å². The third-order valence-corrected chi connectivity index (χ3v) is 3.50. The largest absolute Gasteiger partial charge is 0.480 e. The summed E-state index contributed by atoms with van der Waals surface area (Å²) >= 11 is 0. The van der Waals surface area contributed by atoms with Crippen LogP contribution in [0.25, 0.3) is 0 Å². The third-order valence-electron chi connectivity index (χ3n) is 3.50. The molecule has 0 spiro atoms. The first-order valence-corrected chi connectivity index (χ1v) is 6.40. The number of amides is 1. The van der Waals surface area contributed by atoms with Gasteiger partial charge in [0.2, 0.25) is 5.88 Å². The van der Waals surface area contributed by atoms with E-state index in [1.807, 2.05) is 18.2 Å². The lowest BCUT2D eigenvalue weighted by molar-refractivity contribution is 0.0985. The van der Waals surface area contributed by atoms with Crippen molar-refractivity contribution in [2.24, 2.45) is 0 Å². The van der Waals surface area contributed by atoms with Gasteiger partial charge in [-0.3, -0.25) is 4.79 Å². The molecule has 20 heavy (non-hydrogen) atoms. The molecule has 1 aliphatic heterocycles. The predicted molar refractivity (Wildman–Crippen MR) is 77.0 cm³/mol. The first-order chi connectivity index (χ1) is 9.72. The van der Waals surface area contributed by atoms with E-state index in [4.69, 9.17) is 10.5 Å². The summed E-state index contributed by atoms with van der Waals surface area (Å²) in [5.41, 5.74) is 9.06.